The Hall–Kier alpha value is -0.570. The summed E-state index contributed by atoms with van der Waals surface area (Å²) in [7, 11) is 2.11. The second kappa shape index (κ2) is 5.67. The van der Waals surface area contributed by atoms with Crippen LogP contribution in [0.25, 0.3) is 0 Å². The normalized spacial score (nSPS) is 28.5. The van der Waals surface area contributed by atoms with E-state index in [0.29, 0.717) is 0 Å². The van der Waals surface area contributed by atoms with Crippen molar-refractivity contribution in [3.8, 4) is 0 Å². The smallest absolute Gasteiger partial charge is 0.312 e. The molecule has 2 aliphatic rings. The molecule has 0 aromatic rings. The largest absolute Gasteiger partial charge is 0.462 e. The monoisotopic (exact) mass is 227 g/mol. The van der Waals surface area contributed by atoms with Gasteiger partial charge in [-0.15, -0.1) is 0 Å². The maximum absolute atomic E-state index is 11.6. The minimum Gasteiger partial charge on any atom is -0.462 e. The van der Waals surface area contributed by atoms with Gasteiger partial charge in [-0.3, -0.25) is 4.79 Å². The van der Waals surface area contributed by atoms with Crippen molar-refractivity contribution in [1.82, 2.24) is 4.90 Å². The summed E-state index contributed by atoms with van der Waals surface area (Å²) >= 11 is 0. The molecular formula is C13H25NO2. The molecule has 3 heteroatoms. The van der Waals surface area contributed by atoms with Gasteiger partial charge in [0, 0.05) is 6.42 Å². The molecule has 0 amide bonds. The highest BCUT2D eigenvalue weighted by Gasteiger charge is 2.48. The highest BCUT2D eigenvalue weighted by Crippen LogP contribution is 2.42. The van der Waals surface area contributed by atoms with Crippen molar-refractivity contribution in [3.05, 3.63) is 0 Å². The minimum absolute atomic E-state index is 0.0492. The summed E-state index contributed by atoms with van der Waals surface area (Å²) in [5.74, 6) is 0.0492. The van der Waals surface area contributed by atoms with Crippen LogP contribution < -0.4 is 0 Å². The van der Waals surface area contributed by atoms with Crippen molar-refractivity contribution in [2.24, 2.45) is 5.41 Å². The molecule has 2 heterocycles. The number of esters is 1. The summed E-state index contributed by atoms with van der Waals surface area (Å²) in [5, 5.41) is 0. The lowest BCUT2D eigenvalue weighted by Crippen LogP contribution is -2.40. The average molecular weight is 227 g/mol. The highest BCUT2D eigenvalue weighted by molar-refractivity contribution is 5.79. The van der Waals surface area contributed by atoms with E-state index in [0.717, 1.165) is 32.4 Å². The molecule has 16 heavy (non-hydrogen) atoms. The molecule has 0 bridgehead atoms. The Labute approximate surface area is 99.1 Å². The van der Waals surface area contributed by atoms with E-state index in [2.05, 4.69) is 25.8 Å². The van der Waals surface area contributed by atoms with Crippen molar-refractivity contribution in [2.45, 2.75) is 52.6 Å². The van der Waals surface area contributed by atoms with E-state index in [9.17, 15) is 4.79 Å². The number of hydrogen-bond donors (Lipinski definition) is 0. The van der Waals surface area contributed by atoms with Gasteiger partial charge in [0.2, 0.25) is 0 Å². The Morgan fingerprint density at radius 3 is 2.25 bits per heavy atom. The van der Waals surface area contributed by atoms with E-state index in [1.807, 2.05) is 6.92 Å². The van der Waals surface area contributed by atoms with E-state index >= 15 is 0 Å². The molecule has 0 radical (unpaired) electrons. The zero-order valence-corrected chi connectivity index (χ0v) is 11.1. The van der Waals surface area contributed by atoms with Gasteiger partial charge in [-0.25, -0.2) is 0 Å². The lowest BCUT2D eigenvalue weighted by atomic mass is 9.76. The Morgan fingerprint density at radius 1 is 1.38 bits per heavy atom. The molecule has 1 unspecified atom stereocenters. The van der Waals surface area contributed by atoms with Crippen molar-refractivity contribution >= 4 is 5.97 Å². The average Bonchev–Trinajstić information content (AvgIpc) is 2.48. The van der Waals surface area contributed by atoms with Gasteiger partial charge in [0.15, 0.2) is 0 Å². The van der Waals surface area contributed by atoms with Gasteiger partial charge in [0.1, 0.15) is 6.10 Å². The lowest BCUT2D eigenvalue weighted by molar-refractivity contribution is -0.150. The number of hydrogen-bond acceptors (Lipinski definition) is 3. The predicted molar refractivity (Wildman–Crippen MR) is 65.3 cm³/mol. The van der Waals surface area contributed by atoms with Gasteiger partial charge in [-0.2, -0.15) is 0 Å². The Bertz CT molecular complexity index is 232. The Kier molecular flexibility index (Phi) is 4.78. The number of rotatable bonds is 0. The molecule has 0 aliphatic carbocycles. The second-order valence-electron chi connectivity index (χ2n) is 5.21. The molecule has 3 nitrogen and oxygen atoms in total. The molecule has 2 aliphatic heterocycles. The fraction of sp³-hybridized carbons (Fsp3) is 0.923. The Morgan fingerprint density at radius 2 is 1.88 bits per heavy atom. The fourth-order valence-electron chi connectivity index (χ4n) is 2.44. The number of ether oxygens (including phenoxy) is 1. The second-order valence-corrected chi connectivity index (χ2v) is 5.21. The molecule has 1 atom stereocenters. The molecule has 2 saturated heterocycles. The lowest BCUT2D eigenvalue weighted by Gasteiger charge is -2.34. The van der Waals surface area contributed by atoms with Crippen molar-refractivity contribution in [3.63, 3.8) is 0 Å². The molecule has 0 saturated carbocycles. The van der Waals surface area contributed by atoms with E-state index in [1.165, 1.54) is 6.42 Å². The van der Waals surface area contributed by atoms with Crippen LogP contribution >= 0.6 is 0 Å². The third-order valence-electron chi connectivity index (χ3n) is 3.36. The summed E-state index contributed by atoms with van der Waals surface area (Å²) in [6.07, 6.45) is 4.27. The van der Waals surface area contributed by atoms with E-state index in [-0.39, 0.29) is 17.5 Å². The molecule has 0 N–H and O–H groups in total. The van der Waals surface area contributed by atoms with E-state index in [4.69, 9.17) is 4.74 Å². The summed E-state index contributed by atoms with van der Waals surface area (Å²) in [5.41, 5.74) is -0.119. The topological polar surface area (TPSA) is 29.5 Å². The first-order chi connectivity index (χ1) is 7.54. The molecule has 0 aromatic heterocycles. The fourth-order valence-corrected chi connectivity index (χ4v) is 2.44. The number of cyclic esters (lactones) is 1. The van der Waals surface area contributed by atoms with Gasteiger partial charge < -0.3 is 9.64 Å². The van der Waals surface area contributed by atoms with Crippen LogP contribution in [0.1, 0.15) is 46.5 Å². The first-order valence-corrected chi connectivity index (χ1v) is 6.43. The van der Waals surface area contributed by atoms with Crippen LogP contribution in [0.2, 0.25) is 0 Å². The molecule has 0 aromatic carbocycles. The van der Waals surface area contributed by atoms with Crippen molar-refractivity contribution in [2.75, 3.05) is 20.1 Å². The standard InChI is InChI=1S/C10H17NO2.C3H8/c1-8-7-10(9(12)13-8)3-5-11(2)6-4-10;1-3-2/h8H,3-7H2,1-2H3;3H2,1-2H3. The van der Waals surface area contributed by atoms with Crippen LogP contribution in [0.5, 0.6) is 0 Å². The number of carbonyl (C=O) groups is 1. The molecular weight excluding hydrogens is 202 g/mol. The van der Waals surface area contributed by atoms with Crippen LogP contribution in [-0.4, -0.2) is 37.1 Å². The first-order valence-electron chi connectivity index (χ1n) is 6.43. The first kappa shape index (κ1) is 13.5. The van der Waals surface area contributed by atoms with Crippen LogP contribution in [-0.2, 0) is 9.53 Å². The van der Waals surface area contributed by atoms with Crippen LogP contribution in [0, 0.1) is 5.41 Å². The zero-order valence-electron chi connectivity index (χ0n) is 11.1. The van der Waals surface area contributed by atoms with E-state index in [1.54, 1.807) is 0 Å². The summed E-state index contributed by atoms with van der Waals surface area (Å²) < 4.78 is 5.23. The SMILES string of the molecule is CC1CC2(CCN(C)CC2)C(=O)O1.CCC. The third-order valence-corrected chi connectivity index (χ3v) is 3.36. The number of likely N-dealkylation sites (tertiary alicyclic amines) is 1. The summed E-state index contributed by atoms with van der Waals surface area (Å²) in [6.45, 7) is 8.30. The van der Waals surface area contributed by atoms with Gasteiger partial charge in [0.25, 0.3) is 0 Å². The third kappa shape index (κ3) is 2.97. The number of carbonyl (C=O) groups excluding carboxylic acids is 1. The minimum atomic E-state index is -0.119. The molecule has 2 fully saturated rings. The van der Waals surface area contributed by atoms with Crippen molar-refractivity contribution < 1.29 is 9.53 Å². The predicted octanol–water partition coefficient (Wildman–Crippen LogP) is 2.45. The molecule has 2 rings (SSSR count). The van der Waals surface area contributed by atoms with Gasteiger partial charge >= 0.3 is 5.97 Å². The van der Waals surface area contributed by atoms with Gasteiger partial charge in [0.05, 0.1) is 5.41 Å². The van der Waals surface area contributed by atoms with E-state index < -0.39 is 0 Å². The molecule has 94 valence electrons. The number of piperidine rings is 1. The maximum atomic E-state index is 11.6. The summed E-state index contributed by atoms with van der Waals surface area (Å²) in [6, 6.07) is 0. The van der Waals surface area contributed by atoms with Crippen molar-refractivity contribution in [1.29, 1.82) is 0 Å². The highest BCUT2D eigenvalue weighted by atomic mass is 16.6. The Balaban J connectivity index is 0.000000386. The zero-order chi connectivity index (χ0) is 12.2. The summed E-state index contributed by atoms with van der Waals surface area (Å²) in [4.78, 5) is 13.9. The molecule has 1 spiro atoms. The quantitative estimate of drug-likeness (QED) is 0.595. The maximum Gasteiger partial charge on any atom is 0.312 e. The van der Waals surface area contributed by atoms with Gasteiger partial charge in [-0.05, 0) is 39.9 Å². The van der Waals surface area contributed by atoms with Gasteiger partial charge in [-0.1, -0.05) is 20.3 Å². The van der Waals surface area contributed by atoms with Crippen LogP contribution in [0.4, 0.5) is 0 Å². The number of nitrogens with zero attached hydrogens (tertiary/aromatic N) is 1. The van der Waals surface area contributed by atoms with Crippen LogP contribution in [0.3, 0.4) is 0 Å². The van der Waals surface area contributed by atoms with Crippen LogP contribution in [0.15, 0.2) is 0 Å².